The van der Waals surface area contributed by atoms with Crippen molar-refractivity contribution >= 4 is 22.6 Å². The molecule has 0 aromatic rings. The lowest BCUT2D eigenvalue weighted by molar-refractivity contribution is -0.246. The maximum Gasteiger partial charge on any atom is 0.188 e. The molecule has 3 unspecified atom stereocenters. The lowest BCUT2D eigenvalue weighted by atomic mass is 10.2. The number of aliphatic hydroxyl groups excluding tert-OH is 1. The van der Waals surface area contributed by atoms with Crippen molar-refractivity contribution in [2.75, 3.05) is 19.7 Å². The Balaban J connectivity index is 2.07. The molecule has 3 atom stereocenters. The van der Waals surface area contributed by atoms with Gasteiger partial charge >= 0.3 is 0 Å². The summed E-state index contributed by atoms with van der Waals surface area (Å²) in [4.78, 5) is 7.38. The molecule has 2 aliphatic rings. The summed E-state index contributed by atoms with van der Waals surface area (Å²) in [6, 6.07) is 0.172. The second-order valence-electron chi connectivity index (χ2n) is 3.40. The summed E-state index contributed by atoms with van der Waals surface area (Å²) in [6.45, 7) is 5.67. The van der Waals surface area contributed by atoms with Crippen LogP contribution in [0.2, 0.25) is 0 Å². The molecule has 0 spiro atoms. The van der Waals surface area contributed by atoms with Gasteiger partial charge in [-0.25, -0.2) is 0 Å². The van der Waals surface area contributed by atoms with E-state index in [0.29, 0.717) is 6.61 Å². The number of nitrogens with zero attached hydrogens (tertiary/aromatic N) is 2. The zero-order chi connectivity index (χ0) is 10.1. The fourth-order valence-electron chi connectivity index (χ4n) is 1.78. The van der Waals surface area contributed by atoms with E-state index in [4.69, 9.17) is 4.84 Å². The highest BCUT2D eigenvalue weighted by atomic mass is 127. The van der Waals surface area contributed by atoms with Crippen LogP contribution in [0.5, 0.6) is 0 Å². The molecule has 4 nitrogen and oxygen atoms in total. The van der Waals surface area contributed by atoms with Crippen LogP contribution in [0.3, 0.4) is 0 Å². The van der Waals surface area contributed by atoms with E-state index in [1.807, 2.05) is 4.90 Å². The topological polar surface area (TPSA) is 35.9 Å². The number of hydrogen-bond acceptors (Lipinski definition) is 4. The van der Waals surface area contributed by atoms with Crippen molar-refractivity contribution in [3.63, 3.8) is 0 Å². The van der Waals surface area contributed by atoms with Crippen LogP contribution in [0.15, 0.2) is 22.3 Å². The van der Waals surface area contributed by atoms with Crippen LogP contribution in [0.4, 0.5) is 0 Å². The molecule has 0 saturated carbocycles. The summed E-state index contributed by atoms with van der Waals surface area (Å²) in [5.41, 5.74) is 0. The Morgan fingerprint density at radius 3 is 3.29 bits per heavy atom. The molecule has 0 radical (unpaired) electrons. The minimum atomic E-state index is -0.622. The normalized spacial score (nSPS) is 37.0. The van der Waals surface area contributed by atoms with Crippen molar-refractivity contribution in [1.29, 1.82) is 0 Å². The lowest BCUT2D eigenvalue weighted by Crippen LogP contribution is -2.39. The van der Waals surface area contributed by atoms with Crippen molar-refractivity contribution in [2.24, 2.45) is 0 Å². The zero-order valence-electron chi connectivity index (χ0n) is 7.77. The van der Waals surface area contributed by atoms with Crippen LogP contribution in [-0.4, -0.2) is 47.2 Å². The van der Waals surface area contributed by atoms with Crippen LogP contribution in [0.1, 0.15) is 0 Å². The Bertz CT molecular complexity index is 270. The summed E-state index contributed by atoms with van der Waals surface area (Å²) in [7, 11) is 0. The Hall–Kier alpha value is 0.0500. The molecule has 0 aliphatic carbocycles. The van der Waals surface area contributed by atoms with Gasteiger partial charge in [0.25, 0.3) is 0 Å². The molecule has 2 bridgehead atoms. The number of hydrogen-bond donors (Lipinski definition) is 1. The first-order chi connectivity index (χ1) is 6.72. The highest BCUT2D eigenvalue weighted by molar-refractivity contribution is 14.1. The molecule has 1 N–H and O–H groups in total. The molecule has 1 saturated heterocycles. The summed E-state index contributed by atoms with van der Waals surface area (Å²) in [5.74, 6) is 0. The van der Waals surface area contributed by atoms with Crippen LogP contribution < -0.4 is 0 Å². The van der Waals surface area contributed by atoms with E-state index < -0.39 is 6.35 Å². The third kappa shape index (κ3) is 1.87. The molecule has 78 valence electrons. The molecule has 1 fully saturated rings. The molecule has 2 aliphatic heterocycles. The number of hydroxylamine groups is 2. The van der Waals surface area contributed by atoms with Gasteiger partial charge in [-0.15, -0.1) is 11.6 Å². The molecule has 0 amide bonds. The first-order valence-corrected chi connectivity index (χ1v) is 5.60. The van der Waals surface area contributed by atoms with Crippen molar-refractivity contribution < 1.29 is 9.94 Å². The van der Waals surface area contributed by atoms with Gasteiger partial charge in [-0.05, 0) is 22.6 Å². The van der Waals surface area contributed by atoms with Gasteiger partial charge in [0.2, 0.25) is 0 Å². The Morgan fingerprint density at radius 2 is 2.57 bits per heavy atom. The maximum absolute atomic E-state index is 9.86. The summed E-state index contributed by atoms with van der Waals surface area (Å²) in [5, 5.41) is 11.5. The van der Waals surface area contributed by atoms with E-state index in [1.54, 1.807) is 11.1 Å². The molecule has 14 heavy (non-hydrogen) atoms. The Morgan fingerprint density at radius 1 is 1.79 bits per heavy atom. The van der Waals surface area contributed by atoms with Crippen LogP contribution >= 0.6 is 22.6 Å². The van der Waals surface area contributed by atoms with E-state index in [1.165, 1.54) is 3.58 Å². The predicted octanol–water partition coefficient (Wildman–Crippen LogP) is 0.699. The average molecular weight is 308 g/mol. The minimum absolute atomic E-state index is 0.172. The molecule has 5 heteroatoms. The Labute approximate surface area is 96.9 Å². The third-order valence-corrected chi connectivity index (χ3v) is 3.07. The van der Waals surface area contributed by atoms with E-state index in [2.05, 4.69) is 35.2 Å². The smallest absolute Gasteiger partial charge is 0.188 e. The number of fused-ring (bicyclic) bond motifs is 2. The average Bonchev–Trinajstić information content (AvgIpc) is 2.37. The highest BCUT2D eigenvalue weighted by Crippen LogP contribution is 2.28. The van der Waals surface area contributed by atoms with Crippen molar-refractivity contribution in [3.8, 4) is 0 Å². The van der Waals surface area contributed by atoms with Crippen molar-refractivity contribution in [3.05, 3.63) is 22.3 Å². The lowest BCUT2D eigenvalue weighted by Gasteiger charge is -2.23. The summed E-state index contributed by atoms with van der Waals surface area (Å²) < 4.78 is 1.25. The van der Waals surface area contributed by atoms with E-state index in [-0.39, 0.29) is 6.04 Å². The molecule has 2 heterocycles. The van der Waals surface area contributed by atoms with Gasteiger partial charge in [0.15, 0.2) is 6.35 Å². The second-order valence-corrected chi connectivity index (χ2v) is 4.79. The third-order valence-electron chi connectivity index (χ3n) is 2.37. The van der Waals surface area contributed by atoms with Gasteiger partial charge in [-0.1, -0.05) is 12.2 Å². The van der Waals surface area contributed by atoms with Gasteiger partial charge in [-0.2, -0.15) is 0 Å². The second kappa shape index (κ2) is 4.28. The largest absolute Gasteiger partial charge is 0.363 e. The number of halogens is 1. The SMILES string of the molecule is C=CCON1C2C=C(I)CN(C2)C1O. The molecule has 2 rings (SSSR count). The number of rotatable bonds is 3. The van der Waals surface area contributed by atoms with Gasteiger partial charge < -0.3 is 5.11 Å². The fourth-order valence-corrected chi connectivity index (χ4v) is 2.63. The molecular formula is C9H13IN2O2. The zero-order valence-corrected chi connectivity index (χ0v) is 9.92. The molecular weight excluding hydrogens is 295 g/mol. The first-order valence-electron chi connectivity index (χ1n) is 4.53. The first kappa shape index (κ1) is 10.6. The molecule has 0 aromatic heterocycles. The van der Waals surface area contributed by atoms with Crippen LogP contribution in [0, 0.1) is 0 Å². The van der Waals surface area contributed by atoms with Gasteiger partial charge in [-0.3, -0.25) is 9.74 Å². The van der Waals surface area contributed by atoms with Crippen molar-refractivity contribution in [1.82, 2.24) is 9.96 Å². The van der Waals surface area contributed by atoms with E-state index in [9.17, 15) is 5.11 Å². The quantitative estimate of drug-likeness (QED) is 0.615. The van der Waals surface area contributed by atoms with Crippen LogP contribution in [-0.2, 0) is 4.84 Å². The minimum Gasteiger partial charge on any atom is -0.363 e. The van der Waals surface area contributed by atoms with E-state index in [0.717, 1.165) is 13.1 Å². The number of aliphatic hydroxyl groups is 1. The summed E-state index contributed by atoms with van der Waals surface area (Å²) in [6.07, 6.45) is 3.19. The van der Waals surface area contributed by atoms with Gasteiger partial charge in [0.1, 0.15) is 0 Å². The maximum atomic E-state index is 9.86. The monoisotopic (exact) mass is 308 g/mol. The Kier molecular flexibility index (Phi) is 3.23. The standard InChI is InChI=1S/C9H13IN2O2/c1-2-3-14-12-8-4-7(10)5-11(6-8)9(12)13/h2,4,8-9,13H,1,3,5-6H2. The predicted molar refractivity (Wildman–Crippen MR) is 61.5 cm³/mol. The van der Waals surface area contributed by atoms with Crippen LogP contribution in [0.25, 0.3) is 0 Å². The van der Waals surface area contributed by atoms with E-state index >= 15 is 0 Å². The van der Waals surface area contributed by atoms with Gasteiger partial charge in [0.05, 0.1) is 12.6 Å². The molecule has 0 aromatic carbocycles. The fraction of sp³-hybridized carbons (Fsp3) is 0.556. The van der Waals surface area contributed by atoms with Crippen molar-refractivity contribution in [2.45, 2.75) is 12.4 Å². The highest BCUT2D eigenvalue weighted by Gasteiger charge is 2.41. The summed E-state index contributed by atoms with van der Waals surface area (Å²) >= 11 is 2.29. The van der Waals surface area contributed by atoms with Gasteiger partial charge in [0, 0.05) is 16.7 Å².